The van der Waals surface area contributed by atoms with Gasteiger partial charge in [-0.1, -0.05) is 6.07 Å². The number of carbonyl (C=O) groups excluding carboxylic acids is 1. The number of thiophene rings is 1. The highest BCUT2D eigenvalue weighted by molar-refractivity contribution is 7.20. The molecule has 3 nitrogen and oxygen atoms in total. The summed E-state index contributed by atoms with van der Waals surface area (Å²) in [5, 5.41) is 0.527. The lowest BCUT2D eigenvalue weighted by Crippen LogP contribution is -2.40. The van der Waals surface area contributed by atoms with E-state index in [1.807, 2.05) is 6.07 Å². The predicted molar refractivity (Wildman–Crippen MR) is 68.5 cm³/mol. The molecule has 1 aromatic heterocycles. The minimum absolute atomic E-state index is 0.0288. The molecule has 18 heavy (non-hydrogen) atoms. The number of ether oxygens (including phenoxy) is 1. The first kappa shape index (κ1) is 11.6. The largest absolute Gasteiger partial charge is 0.378 e. The van der Waals surface area contributed by atoms with E-state index in [1.54, 1.807) is 17.0 Å². The standard InChI is InChI=1S/C13H12FNO2S/c14-10-2-1-3-11-9(10)8-12(18-11)13(16)15-4-6-17-7-5-15/h1-3,8H,4-7H2. The number of benzene rings is 1. The Hall–Kier alpha value is -1.46. The molecule has 0 radical (unpaired) electrons. The Kier molecular flexibility index (Phi) is 3.01. The number of rotatable bonds is 1. The number of hydrogen-bond donors (Lipinski definition) is 0. The van der Waals surface area contributed by atoms with Gasteiger partial charge in [0, 0.05) is 23.2 Å². The Morgan fingerprint density at radius 1 is 1.33 bits per heavy atom. The van der Waals surface area contributed by atoms with Crippen LogP contribution in [-0.4, -0.2) is 37.1 Å². The molecule has 2 aromatic rings. The first-order valence-corrected chi connectivity index (χ1v) is 6.62. The van der Waals surface area contributed by atoms with Crippen molar-refractivity contribution in [1.82, 2.24) is 4.90 Å². The molecule has 2 heterocycles. The van der Waals surface area contributed by atoms with Crippen molar-refractivity contribution in [3.05, 3.63) is 35.0 Å². The number of nitrogens with zero attached hydrogens (tertiary/aromatic N) is 1. The van der Waals surface area contributed by atoms with Crippen molar-refractivity contribution < 1.29 is 13.9 Å². The third-order valence-corrected chi connectivity index (χ3v) is 4.11. The van der Waals surface area contributed by atoms with E-state index in [9.17, 15) is 9.18 Å². The predicted octanol–water partition coefficient (Wildman–Crippen LogP) is 2.51. The Morgan fingerprint density at radius 2 is 2.11 bits per heavy atom. The molecule has 0 bridgehead atoms. The van der Waals surface area contributed by atoms with E-state index in [4.69, 9.17) is 4.74 Å². The van der Waals surface area contributed by atoms with Crippen LogP contribution < -0.4 is 0 Å². The molecule has 1 aliphatic heterocycles. The maximum Gasteiger partial charge on any atom is 0.264 e. The summed E-state index contributed by atoms with van der Waals surface area (Å²) in [4.78, 5) is 14.6. The van der Waals surface area contributed by atoms with Crippen molar-refractivity contribution in [3.8, 4) is 0 Å². The van der Waals surface area contributed by atoms with Crippen LogP contribution in [0.25, 0.3) is 10.1 Å². The van der Waals surface area contributed by atoms with Crippen molar-refractivity contribution in [2.45, 2.75) is 0 Å². The van der Waals surface area contributed by atoms with Crippen LogP contribution in [-0.2, 0) is 4.74 Å². The van der Waals surface area contributed by atoms with Gasteiger partial charge in [-0.3, -0.25) is 4.79 Å². The van der Waals surface area contributed by atoms with Gasteiger partial charge in [0.25, 0.3) is 5.91 Å². The Labute approximate surface area is 108 Å². The molecule has 5 heteroatoms. The molecule has 0 atom stereocenters. The topological polar surface area (TPSA) is 29.5 Å². The van der Waals surface area contributed by atoms with Crippen LogP contribution in [0.1, 0.15) is 9.67 Å². The summed E-state index contributed by atoms with van der Waals surface area (Å²) in [6, 6.07) is 6.56. The normalized spacial score (nSPS) is 16.2. The summed E-state index contributed by atoms with van der Waals surface area (Å²) < 4.78 is 19.6. The highest BCUT2D eigenvalue weighted by Gasteiger charge is 2.20. The Bertz CT molecular complexity index is 590. The smallest absolute Gasteiger partial charge is 0.264 e. The molecule has 94 valence electrons. The van der Waals surface area contributed by atoms with Gasteiger partial charge in [0.1, 0.15) is 5.82 Å². The third kappa shape index (κ3) is 2.00. The maximum atomic E-state index is 13.6. The zero-order valence-corrected chi connectivity index (χ0v) is 10.5. The molecule has 1 amide bonds. The second kappa shape index (κ2) is 4.66. The van der Waals surface area contributed by atoms with Gasteiger partial charge in [0.2, 0.25) is 0 Å². The average molecular weight is 265 g/mol. The summed E-state index contributed by atoms with van der Waals surface area (Å²) in [5.74, 6) is -0.302. The van der Waals surface area contributed by atoms with E-state index >= 15 is 0 Å². The molecule has 0 unspecified atom stereocenters. The van der Waals surface area contributed by atoms with Crippen LogP contribution in [0, 0.1) is 5.82 Å². The third-order valence-electron chi connectivity index (χ3n) is 3.02. The van der Waals surface area contributed by atoms with Crippen molar-refractivity contribution in [2.75, 3.05) is 26.3 Å². The number of amides is 1. The van der Waals surface area contributed by atoms with Gasteiger partial charge in [0.05, 0.1) is 18.1 Å². The number of fused-ring (bicyclic) bond motifs is 1. The van der Waals surface area contributed by atoms with E-state index in [-0.39, 0.29) is 11.7 Å². The molecule has 0 aliphatic carbocycles. The SMILES string of the molecule is O=C(c1cc2c(F)cccc2s1)N1CCOCC1. The van der Waals surface area contributed by atoms with E-state index < -0.39 is 0 Å². The quantitative estimate of drug-likeness (QED) is 0.793. The lowest BCUT2D eigenvalue weighted by molar-refractivity contribution is 0.0306. The Morgan fingerprint density at radius 3 is 2.83 bits per heavy atom. The van der Waals surface area contributed by atoms with Gasteiger partial charge in [-0.15, -0.1) is 11.3 Å². The summed E-state index contributed by atoms with van der Waals surface area (Å²) in [6.07, 6.45) is 0. The van der Waals surface area contributed by atoms with Gasteiger partial charge in [-0.25, -0.2) is 4.39 Å². The number of hydrogen-bond acceptors (Lipinski definition) is 3. The monoisotopic (exact) mass is 265 g/mol. The number of morpholine rings is 1. The molecular formula is C13H12FNO2S. The minimum atomic E-state index is -0.273. The van der Waals surface area contributed by atoms with E-state index in [0.29, 0.717) is 36.6 Å². The van der Waals surface area contributed by atoms with Crippen molar-refractivity contribution in [1.29, 1.82) is 0 Å². The minimum Gasteiger partial charge on any atom is -0.378 e. The number of halogens is 1. The highest BCUT2D eigenvalue weighted by atomic mass is 32.1. The van der Waals surface area contributed by atoms with Crippen molar-refractivity contribution in [2.24, 2.45) is 0 Å². The van der Waals surface area contributed by atoms with E-state index in [2.05, 4.69) is 0 Å². The number of carbonyl (C=O) groups is 1. The van der Waals surface area contributed by atoms with Crippen LogP contribution in [0.15, 0.2) is 24.3 Å². The summed E-state index contributed by atoms with van der Waals surface area (Å²) in [6.45, 7) is 2.36. The molecule has 0 saturated carbocycles. The first-order valence-electron chi connectivity index (χ1n) is 5.81. The second-order valence-corrected chi connectivity index (χ2v) is 5.25. The lowest BCUT2D eigenvalue weighted by Gasteiger charge is -2.26. The molecule has 1 aliphatic rings. The zero-order chi connectivity index (χ0) is 12.5. The fraction of sp³-hybridized carbons (Fsp3) is 0.308. The molecular weight excluding hydrogens is 253 g/mol. The van der Waals surface area contributed by atoms with Gasteiger partial charge >= 0.3 is 0 Å². The highest BCUT2D eigenvalue weighted by Crippen LogP contribution is 2.28. The van der Waals surface area contributed by atoms with Crippen LogP contribution in [0.4, 0.5) is 4.39 Å². The molecule has 1 aromatic carbocycles. The van der Waals surface area contributed by atoms with Crippen LogP contribution >= 0.6 is 11.3 Å². The molecule has 3 rings (SSSR count). The summed E-state index contributed by atoms with van der Waals surface area (Å²) in [5.41, 5.74) is 0. The molecule has 1 fully saturated rings. The van der Waals surface area contributed by atoms with Crippen molar-refractivity contribution >= 4 is 27.3 Å². The van der Waals surface area contributed by atoms with Crippen molar-refractivity contribution in [3.63, 3.8) is 0 Å². The van der Waals surface area contributed by atoms with Crippen LogP contribution in [0.2, 0.25) is 0 Å². The fourth-order valence-corrected chi connectivity index (χ4v) is 3.10. The average Bonchev–Trinajstić information content (AvgIpc) is 2.84. The van der Waals surface area contributed by atoms with Gasteiger partial charge in [-0.05, 0) is 18.2 Å². The Balaban J connectivity index is 1.94. The maximum absolute atomic E-state index is 13.6. The van der Waals surface area contributed by atoms with Gasteiger partial charge < -0.3 is 9.64 Å². The summed E-state index contributed by atoms with van der Waals surface area (Å²) >= 11 is 1.34. The van der Waals surface area contributed by atoms with Gasteiger partial charge in [0.15, 0.2) is 0 Å². The fourth-order valence-electron chi connectivity index (χ4n) is 2.05. The molecule has 0 spiro atoms. The van der Waals surface area contributed by atoms with E-state index in [1.165, 1.54) is 17.4 Å². The second-order valence-electron chi connectivity index (χ2n) is 4.17. The molecule has 1 saturated heterocycles. The lowest BCUT2D eigenvalue weighted by atomic mass is 10.2. The zero-order valence-electron chi connectivity index (χ0n) is 9.69. The first-order chi connectivity index (χ1) is 8.75. The summed E-state index contributed by atoms with van der Waals surface area (Å²) in [7, 11) is 0. The van der Waals surface area contributed by atoms with E-state index in [0.717, 1.165) is 4.70 Å². The van der Waals surface area contributed by atoms with Gasteiger partial charge in [-0.2, -0.15) is 0 Å². The van der Waals surface area contributed by atoms with Crippen LogP contribution in [0.3, 0.4) is 0 Å². The van der Waals surface area contributed by atoms with Crippen LogP contribution in [0.5, 0.6) is 0 Å². The molecule has 0 N–H and O–H groups in total.